The summed E-state index contributed by atoms with van der Waals surface area (Å²) in [5, 5.41) is 5.63. The number of carbonyl (C=O) groups is 2. The standard InChI is InChI=1S/C23H22FN3O2/c1-15(2)20-5-3-4-6-21(20)27-23(29)18-11-17(13-25-14-18)22(28)26-12-16-7-9-19(24)10-8-16/h3-11,13-15H,12H2,1-2H3,(H,26,28)(H,27,29). The summed E-state index contributed by atoms with van der Waals surface area (Å²) < 4.78 is 13.0. The summed E-state index contributed by atoms with van der Waals surface area (Å²) in [6, 6.07) is 15.0. The Labute approximate surface area is 169 Å². The smallest absolute Gasteiger partial charge is 0.257 e. The molecule has 0 aliphatic heterocycles. The third-order valence-electron chi connectivity index (χ3n) is 4.46. The highest BCUT2D eigenvalue weighted by Gasteiger charge is 2.14. The summed E-state index contributed by atoms with van der Waals surface area (Å²) >= 11 is 0. The van der Waals surface area contributed by atoms with Crippen molar-refractivity contribution in [2.45, 2.75) is 26.3 Å². The third-order valence-corrected chi connectivity index (χ3v) is 4.46. The topological polar surface area (TPSA) is 71.1 Å². The van der Waals surface area contributed by atoms with Crippen LogP contribution in [0.1, 0.15) is 51.6 Å². The van der Waals surface area contributed by atoms with Crippen molar-refractivity contribution in [2.24, 2.45) is 0 Å². The van der Waals surface area contributed by atoms with Gasteiger partial charge in [-0.05, 0) is 41.3 Å². The zero-order chi connectivity index (χ0) is 20.8. The largest absolute Gasteiger partial charge is 0.348 e. The highest BCUT2D eigenvalue weighted by atomic mass is 19.1. The van der Waals surface area contributed by atoms with Crippen molar-refractivity contribution >= 4 is 17.5 Å². The maximum absolute atomic E-state index is 13.0. The molecule has 0 saturated heterocycles. The number of anilines is 1. The Morgan fingerprint density at radius 2 is 1.62 bits per heavy atom. The predicted molar refractivity (Wildman–Crippen MR) is 110 cm³/mol. The third kappa shape index (κ3) is 5.25. The minimum Gasteiger partial charge on any atom is -0.348 e. The first-order valence-corrected chi connectivity index (χ1v) is 9.32. The molecule has 3 aromatic rings. The molecule has 5 nitrogen and oxygen atoms in total. The van der Waals surface area contributed by atoms with Gasteiger partial charge in [0.15, 0.2) is 0 Å². The van der Waals surface area contributed by atoms with Gasteiger partial charge < -0.3 is 10.6 Å². The van der Waals surface area contributed by atoms with E-state index in [9.17, 15) is 14.0 Å². The summed E-state index contributed by atoms with van der Waals surface area (Å²) in [7, 11) is 0. The number of para-hydroxylation sites is 1. The van der Waals surface area contributed by atoms with Crippen LogP contribution in [-0.4, -0.2) is 16.8 Å². The zero-order valence-corrected chi connectivity index (χ0v) is 16.3. The molecule has 0 atom stereocenters. The normalized spacial score (nSPS) is 10.6. The minimum atomic E-state index is -0.362. The maximum atomic E-state index is 13.0. The molecule has 2 amide bonds. The van der Waals surface area contributed by atoms with Crippen LogP contribution in [0, 0.1) is 5.82 Å². The molecule has 0 fully saturated rings. The van der Waals surface area contributed by atoms with Gasteiger partial charge >= 0.3 is 0 Å². The minimum absolute atomic E-state index is 0.247. The Hall–Kier alpha value is -3.54. The van der Waals surface area contributed by atoms with E-state index in [0.717, 1.165) is 16.8 Å². The van der Waals surface area contributed by atoms with Gasteiger partial charge in [-0.25, -0.2) is 4.39 Å². The Bertz CT molecular complexity index is 1020. The number of nitrogens with one attached hydrogen (secondary N) is 2. The van der Waals surface area contributed by atoms with Crippen LogP contribution < -0.4 is 10.6 Å². The molecule has 0 aliphatic rings. The fourth-order valence-electron chi connectivity index (χ4n) is 2.88. The summed E-state index contributed by atoms with van der Waals surface area (Å²) in [4.78, 5) is 29.1. The van der Waals surface area contributed by atoms with Crippen LogP contribution in [0.4, 0.5) is 10.1 Å². The molecule has 29 heavy (non-hydrogen) atoms. The van der Waals surface area contributed by atoms with Gasteiger partial charge in [-0.3, -0.25) is 14.6 Å². The van der Waals surface area contributed by atoms with Crippen molar-refractivity contribution < 1.29 is 14.0 Å². The van der Waals surface area contributed by atoms with Crippen molar-refractivity contribution in [2.75, 3.05) is 5.32 Å². The summed E-state index contributed by atoms with van der Waals surface area (Å²) in [5.41, 5.74) is 3.10. The van der Waals surface area contributed by atoms with Gasteiger partial charge in [0.2, 0.25) is 0 Å². The zero-order valence-electron chi connectivity index (χ0n) is 16.3. The van der Waals surface area contributed by atoms with E-state index in [-0.39, 0.29) is 41.2 Å². The Balaban J connectivity index is 1.69. The first-order chi connectivity index (χ1) is 13.9. The molecule has 1 heterocycles. The molecule has 6 heteroatoms. The average molecular weight is 391 g/mol. The number of carbonyl (C=O) groups excluding carboxylic acids is 2. The highest BCUT2D eigenvalue weighted by Crippen LogP contribution is 2.24. The first kappa shape index (κ1) is 20.2. The van der Waals surface area contributed by atoms with Crippen LogP contribution in [0.2, 0.25) is 0 Å². The lowest BCUT2D eigenvalue weighted by Gasteiger charge is -2.13. The van der Waals surface area contributed by atoms with E-state index in [4.69, 9.17) is 0 Å². The number of benzene rings is 2. The summed E-state index contributed by atoms with van der Waals surface area (Å²) in [6.45, 7) is 4.36. The van der Waals surface area contributed by atoms with E-state index >= 15 is 0 Å². The van der Waals surface area contributed by atoms with Gasteiger partial charge in [-0.2, -0.15) is 0 Å². The number of hydrogen-bond donors (Lipinski definition) is 2. The van der Waals surface area contributed by atoms with E-state index in [1.807, 2.05) is 24.3 Å². The number of pyridine rings is 1. The van der Waals surface area contributed by atoms with Crippen molar-refractivity contribution in [3.05, 3.63) is 95.1 Å². The molecule has 0 aliphatic carbocycles. The number of rotatable bonds is 6. The van der Waals surface area contributed by atoms with Gasteiger partial charge in [0.05, 0.1) is 11.1 Å². The maximum Gasteiger partial charge on any atom is 0.257 e. The van der Waals surface area contributed by atoms with Gasteiger partial charge in [0.1, 0.15) is 5.82 Å². The van der Waals surface area contributed by atoms with E-state index < -0.39 is 0 Å². The molecule has 3 rings (SSSR count). The van der Waals surface area contributed by atoms with E-state index in [2.05, 4.69) is 29.5 Å². The van der Waals surface area contributed by atoms with Crippen LogP contribution >= 0.6 is 0 Å². The van der Waals surface area contributed by atoms with Crippen LogP contribution in [0.3, 0.4) is 0 Å². The Kier molecular flexibility index (Phi) is 6.34. The second kappa shape index (κ2) is 9.10. The Morgan fingerprint density at radius 1 is 0.966 bits per heavy atom. The van der Waals surface area contributed by atoms with Crippen molar-refractivity contribution in [3.8, 4) is 0 Å². The second-order valence-electron chi connectivity index (χ2n) is 6.97. The number of amides is 2. The van der Waals surface area contributed by atoms with Crippen LogP contribution in [0.5, 0.6) is 0 Å². The van der Waals surface area contributed by atoms with Gasteiger partial charge in [0, 0.05) is 24.6 Å². The quantitative estimate of drug-likeness (QED) is 0.649. The molecule has 0 bridgehead atoms. The van der Waals surface area contributed by atoms with E-state index in [1.165, 1.54) is 30.6 Å². The van der Waals surface area contributed by atoms with Crippen LogP contribution in [0.15, 0.2) is 67.0 Å². The number of hydrogen-bond acceptors (Lipinski definition) is 3. The van der Waals surface area contributed by atoms with Crippen LogP contribution in [0.25, 0.3) is 0 Å². The SMILES string of the molecule is CC(C)c1ccccc1NC(=O)c1cncc(C(=O)NCc2ccc(F)cc2)c1. The van der Waals surface area contributed by atoms with Gasteiger partial charge in [-0.15, -0.1) is 0 Å². The molecule has 0 saturated carbocycles. The lowest BCUT2D eigenvalue weighted by molar-refractivity contribution is 0.0950. The molecule has 2 N–H and O–H groups in total. The number of halogens is 1. The average Bonchev–Trinajstić information content (AvgIpc) is 2.73. The van der Waals surface area contributed by atoms with Crippen molar-refractivity contribution in [1.82, 2.24) is 10.3 Å². The van der Waals surface area contributed by atoms with Gasteiger partial charge in [0.25, 0.3) is 11.8 Å². The van der Waals surface area contributed by atoms with E-state index in [0.29, 0.717) is 0 Å². The van der Waals surface area contributed by atoms with Gasteiger partial charge in [-0.1, -0.05) is 44.2 Å². The number of nitrogens with zero attached hydrogens (tertiary/aromatic N) is 1. The lowest BCUT2D eigenvalue weighted by atomic mass is 10.0. The molecule has 148 valence electrons. The molecule has 1 aromatic heterocycles. The summed E-state index contributed by atoms with van der Waals surface area (Å²) in [6.07, 6.45) is 2.82. The van der Waals surface area contributed by atoms with E-state index in [1.54, 1.807) is 12.1 Å². The second-order valence-corrected chi connectivity index (χ2v) is 6.97. The fraction of sp³-hybridized carbons (Fsp3) is 0.174. The number of aromatic nitrogens is 1. The molecule has 0 radical (unpaired) electrons. The highest BCUT2D eigenvalue weighted by molar-refractivity contribution is 6.06. The molecule has 0 spiro atoms. The summed E-state index contributed by atoms with van der Waals surface area (Å²) in [5.74, 6) is -0.770. The predicted octanol–water partition coefficient (Wildman–Crippen LogP) is 4.53. The van der Waals surface area contributed by atoms with Crippen molar-refractivity contribution in [1.29, 1.82) is 0 Å². The fourth-order valence-corrected chi connectivity index (χ4v) is 2.88. The lowest BCUT2D eigenvalue weighted by Crippen LogP contribution is -2.23. The Morgan fingerprint density at radius 3 is 2.31 bits per heavy atom. The molecular weight excluding hydrogens is 369 g/mol. The van der Waals surface area contributed by atoms with Crippen molar-refractivity contribution in [3.63, 3.8) is 0 Å². The molecule has 0 unspecified atom stereocenters. The van der Waals surface area contributed by atoms with Crippen LogP contribution in [-0.2, 0) is 6.54 Å². The monoisotopic (exact) mass is 391 g/mol. The molecule has 2 aromatic carbocycles. The first-order valence-electron chi connectivity index (χ1n) is 9.32. The molecular formula is C23H22FN3O2.